The molecule has 0 saturated heterocycles. The lowest BCUT2D eigenvalue weighted by Crippen LogP contribution is -2.30. The summed E-state index contributed by atoms with van der Waals surface area (Å²) < 4.78 is 5.17. The third kappa shape index (κ3) is 2.91. The molecule has 2 rings (SSSR count). The normalized spacial score (nSPS) is 14.6. The van der Waals surface area contributed by atoms with Crippen molar-refractivity contribution in [3.05, 3.63) is 29.8 Å². The number of hydrogen-bond acceptors (Lipinski definition) is 3. The standard InChI is InChI=1S/C15H21NO2/c1-3-15(17)13-6-4-5-7-14(13)16(10-11-18-2)12-8-9-12/h4-7,12H,3,8-11H2,1-2H3. The highest BCUT2D eigenvalue weighted by molar-refractivity contribution is 6.01. The van der Waals surface area contributed by atoms with E-state index >= 15 is 0 Å². The lowest BCUT2D eigenvalue weighted by atomic mass is 10.1. The smallest absolute Gasteiger partial charge is 0.164 e. The van der Waals surface area contributed by atoms with E-state index in [1.807, 2.05) is 25.1 Å². The number of nitrogens with zero attached hydrogens (tertiary/aromatic N) is 1. The Balaban J connectivity index is 2.25. The number of hydrogen-bond donors (Lipinski definition) is 0. The Kier molecular flexibility index (Phi) is 4.37. The summed E-state index contributed by atoms with van der Waals surface area (Å²) in [5.41, 5.74) is 1.92. The number of Topliss-reactive ketones (excluding diaryl/α,β-unsaturated/α-hetero) is 1. The highest BCUT2D eigenvalue weighted by Gasteiger charge is 2.30. The van der Waals surface area contributed by atoms with Crippen LogP contribution in [0.2, 0.25) is 0 Å². The molecule has 1 aromatic carbocycles. The van der Waals surface area contributed by atoms with Crippen molar-refractivity contribution in [3.8, 4) is 0 Å². The lowest BCUT2D eigenvalue weighted by molar-refractivity contribution is 0.0988. The topological polar surface area (TPSA) is 29.5 Å². The summed E-state index contributed by atoms with van der Waals surface area (Å²) in [4.78, 5) is 14.3. The van der Waals surface area contributed by atoms with E-state index in [0.717, 1.165) is 17.8 Å². The fourth-order valence-corrected chi connectivity index (χ4v) is 2.23. The van der Waals surface area contributed by atoms with E-state index < -0.39 is 0 Å². The lowest BCUT2D eigenvalue weighted by Gasteiger charge is -2.26. The van der Waals surface area contributed by atoms with Gasteiger partial charge in [-0.1, -0.05) is 19.1 Å². The maximum absolute atomic E-state index is 12.0. The van der Waals surface area contributed by atoms with Crippen molar-refractivity contribution in [2.45, 2.75) is 32.2 Å². The summed E-state index contributed by atoms with van der Waals surface area (Å²) >= 11 is 0. The second-order valence-electron chi connectivity index (χ2n) is 4.71. The van der Waals surface area contributed by atoms with E-state index in [0.29, 0.717) is 19.1 Å². The molecule has 0 aromatic heterocycles. The van der Waals surface area contributed by atoms with Gasteiger partial charge in [-0.25, -0.2) is 0 Å². The average molecular weight is 247 g/mol. The van der Waals surface area contributed by atoms with Crippen molar-refractivity contribution >= 4 is 11.5 Å². The van der Waals surface area contributed by atoms with Gasteiger partial charge in [-0.05, 0) is 25.0 Å². The summed E-state index contributed by atoms with van der Waals surface area (Å²) in [6.07, 6.45) is 3.00. The minimum Gasteiger partial charge on any atom is -0.383 e. The third-order valence-corrected chi connectivity index (χ3v) is 3.36. The van der Waals surface area contributed by atoms with E-state index in [1.165, 1.54) is 12.8 Å². The molecule has 0 spiro atoms. The fourth-order valence-electron chi connectivity index (χ4n) is 2.23. The molecule has 0 amide bonds. The van der Waals surface area contributed by atoms with Crippen molar-refractivity contribution < 1.29 is 9.53 Å². The molecular weight excluding hydrogens is 226 g/mol. The Bertz CT molecular complexity index is 413. The zero-order valence-corrected chi connectivity index (χ0v) is 11.2. The van der Waals surface area contributed by atoms with Gasteiger partial charge in [0, 0.05) is 37.4 Å². The number of methoxy groups -OCH3 is 1. The molecule has 1 saturated carbocycles. The number of benzene rings is 1. The quantitative estimate of drug-likeness (QED) is 0.694. The zero-order valence-electron chi connectivity index (χ0n) is 11.2. The largest absolute Gasteiger partial charge is 0.383 e. The van der Waals surface area contributed by atoms with Crippen LogP contribution in [0.5, 0.6) is 0 Å². The van der Waals surface area contributed by atoms with Crippen molar-refractivity contribution in [2.75, 3.05) is 25.2 Å². The van der Waals surface area contributed by atoms with E-state index in [1.54, 1.807) is 7.11 Å². The second kappa shape index (κ2) is 6.01. The summed E-state index contributed by atoms with van der Waals surface area (Å²) in [6.45, 7) is 3.47. The van der Waals surface area contributed by atoms with Crippen LogP contribution in [0.3, 0.4) is 0 Å². The van der Waals surface area contributed by atoms with Gasteiger partial charge in [-0.2, -0.15) is 0 Å². The molecule has 0 unspecified atom stereocenters. The maximum atomic E-state index is 12.0. The van der Waals surface area contributed by atoms with Crippen LogP contribution in [0.15, 0.2) is 24.3 Å². The Morgan fingerprint density at radius 1 is 1.39 bits per heavy atom. The molecular formula is C15H21NO2. The molecule has 0 aliphatic heterocycles. The van der Waals surface area contributed by atoms with Gasteiger partial charge in [-0.15, -0.1) is 0 Å². The van der Waals surface area contributed by atoms with Gasteiger partial charge >= 0.3 is 0 Å². The van der Waals surface area contributed by atoms with Crippen molar-refractivity contribution in [1.82, 2.24) is 0 Å². The van der Waals surface area contributed by atoms with E-state index in [2.05, 4.69) is 11.0 Å². The van der Waals surface area contributed by atoms with E-state index in [-0.39, 0.29) is 5.78 Å². The van der Waals surface area contributed by atoms with Gasteiger partial charge in [0.15, 0.2) is 5.78 Å². The number of ketones is 1. The molecule has 3 nitrogen and oxygen atoms in total. The highest BCUT2D eigenvalue weighted by Crippen LogP contribution is 2.33. The molecule has 3 heteroatoms. The Morgan fingerprint density at radius 3 is 2.72 bits per heavy atom. The van der Waals surface area contributed by atoms with Gasteiger partial charge in [0.2, 0.25) is 0 Å². The SMILES string of the molecule is CCC(=O)c1ccccc1N(CCOC)C1CC1. The van der Waals surface area contributed by atoms with Crippen molar-refractivity contribution in [1.29, 1.82) is 0 Å². The molecule has 1 aliphatic carbocycles. The Morgan fingerprint density at radius 2 is 2.11 bits per heavy atom. The average Bonchev–Trinajstić information content (AvgIpc) is 3.23. The highest BCUT2D eigenvalue weighted by atomic mass is 16.5. The maximum Gasteiger partial charge on any atom is 0.164 e. The number of anilines is 1. The van der Waals surface area contributed by atoms with Crippen LogP contribution in [0.25, 0.3) is 0 Å². The van der Waals surface area contributed by atoms with Crippen molar-refractivity contribution in [2.24, 2.45) is 0 Å². The molecule has 18 heavy (non-hydrogen) atoms. The first-order valence-electron chi connectivity index (χ1n) is 6.65. The number of para-hydroxylation sites is 1. The van der Waals surface area contributed by atoms with E-state index in [4.69, 9.17) is 4.74 Å². The van der Waals surface area contributed by atoms with Crippen LogP contribution in [0.1, 0.15) is 36.5 Å². The van der Waals surface area contributed by atoms with Crippen LogP contribution < -0.4 is 4.90 Å². The number of carbonyl (C=O) groups excluding carboxylic acids is 1. The van der Waals surface area contributed by atoms with Gasteiger partial charge in [0.1, 0.15) is 0 Å². The molecule has 0 N–H and O–H groups in total. The first-order chi connectivity index (χ1) is 8.77. The predicted molar refractivity (Wildman–Crippen MR) is 73.3 cm³/mol. The Hall–Kier alpha value is -1.35. The number of carbonyl (C=O) groups is 1. The monoisotopic (exact) mass is 247 g/mol. The second-order valence-corrected chi connectivity index (χ2v) is 4.71. The van der Waals surface area contributed by atoms with Crippen LogP contribution in [0, 0.1) is 0 Å². The molecule has 1 aliphatic rings. The predicted octanol–water partition coefficient (Wildman–Crippen LogP) is 2.89. The Labute approximate surface area is 109 Å². The minimum atomic E-state index is 0.216. The molecule has 1 fully saturated rings. The summed E-state index contributed by atoms with van der Waals surface area (Å²) in [5.74, 6) is 0.216. The van der Waals surface area contributed by atoms with Gasteiger partial charge in [0.25, 0.3) is 0 Å². The van der Waals surface area contributed by atoms with Gasteiger partial charge in [0.05, 0.1) is 6.61 Å². The summed E-state index contributed by atoms with van der Waals surface area (Å²) in [5, 5.41) is 0. The van der Waals surface area contributed by atoms with Crippen LogP contribution in [-0.4, -0.2) is 32.1 Å². The zero-order chi connectivity index (χ0) is 13.0. The first-order valence-corrected chi connectivity index (χ1v) is 6.65. The number of rotatable bonds is 7. The molecule has 0 heterocycles. The fraction of sp³-hybridized carbons (Fsp3) is 0.533. The van der Waals surface area contributed by atoms with Crippen molar-refractivity contribution in [3.63, 3.8) is 0 Å². The minimum absolute atomic E-state index is 0.216. The number of ether oxygens (including phenoxy) is 1. The van der Waals surface area contributed by atoms with E-state index in [9.17, 15) is 4.79 Å². The van der Waals surface area contributed by atoms with Gasteiger partial charge < -0.3 is 9.64 Å². The molecule has 1 aromatic rings. The summed E-state index contributed by atoms with van der Waals surface area (Å²) in [6, 6.07) is 8.52. The van der Waals surface area contributed by atoms with Crippen LogP contribution in [0.4, 0.5) is 5.69 Å². The van der Waals surface area contributed by atoms with Crippen LogP contribution >= 0.6 is 0 Å². The first kappa shape index (κ1) is 13.1. The molecule has 0 radical (unpaired) electrons. The molecule has 0 bridgehead atoms. The van der Waals surface area contributed by atoms with Crippen LogP contribution in [-0.2, 0) is 4.74 Å². The third-order valence-electron chi connectivity index (χ3n) is 3.36. The van der Waals surface area contributed by atoms with Gasteiger partial charge in [-0.3, -0.25) is 4.79 Å². The molecule has 98 valence electrons. The summed E-state index contributed by atoms with van der Waals surface area (Å²) in [7, 11) is 1.72. The molecule has 0 atom stereocenters.